The fourth-order valence-electron chi connectivity index (χ4n) is 0.824. The van der Waals surface area contributed by atoms with Gasteiger partial charge in [-0.1, -0.05) is 5.10 Å². The van der Waals surface area contributed by atoms with E-state index in [2.05, 4.69) is 31.3 Å². The van der Waals surface area contributed by atoms with Gasteiger partial charge in [0.2, 0.25) is 0 Å². The third-order valence-electron chi connectivity index (χ3n) is 1.45. The van der Waals surface area contributed by atoms with E-state index >= 15 is 0 Å². The molecule has 0 aliphatic carbocycles. The van der Waals surface area contributed by atoms with E-state index in [9.17, 15) is 0 Å². The summed E-state index contributed by atoms with van der Waals surface area (Å²) in [6, 6.07) is 0. The Bertz CT molecular complexity index is 352. The Morgan fingerprint density at radius 1 is 1.50 bits per heavy atom. The lowest BCUT2D eigenvalue weighted by Crippen LogP contribution is -1.91. The fourth-order valence-corrected chi connectivity index (χ4v) is 1.60. The number of anilines is 2. The van der Waals surface area contributed by atoms with Crippen LogP contribution in [0.25, 0.3) is 0 Å². The lowest BCUT2D eigenvalue weighted by Gasteiger charge is -1.97. The molecule has 12 heavy (non-hydrogen) atoms. The first kappa shape index (κ1) is 7.23. The monoisotopic (exact) mass is 181 g/mol. The van der Waals surface area contributed by atoms with Crippen LogP contribution in [0.15, 0.2) is 10.8 Å². The number of aromatic nitrogens is 4. The van der Waals surface area contributed by atoms with E-state index in [1.165, 1.54) is 5.56 Å². The lowest BCUT2D eigenvalue weighted by atomic mass is 10.3. The zero-order valence-electron chi connectivity index (χ0n) is 6.40. The molecule has 0 aliphatic heterocycles. The van der Waals surface area contributed by atoms with Gasteiger partial charge in [-0.2, -0.15) is 5.21 Å². The van der Waals surface area contributed by atoms with Crippen LogP contribution in [0, 0.1) is 6.92 Å². The van der Waals surface area contributed by atoms with Crippen LogP contribution in [-0.4, -0.2) is 20.6 Å². The van der Waals surface area contributed by atoms with Gasteiger partial charge in [0, 0.05) is 5.38 Å². The van der Waals surface area contributed by atoms with Crippen LogP contribution in [0.1, 0.15) is 5.56 Å². The number of nitrogens with zero attached hydrogens (tertiary/aromatic N) is 3. The first-order chi connectivity index (χ1) is 5.86. The van der Waals surface area contributed by atoms with Gasteiger partial charge < -0.3 is 5.32 Å². The van der Waals surface area contributed by atoms with Crippen molar-refractivity contribution in [3.05, 3.63) is 16.3 Å². The summed E-state index contributed by atoms with van der Waals surface area (Å²) < 4.78 is 0. The summed E-state index contributed by atoms with van der Waals surface area (Å²) in [6.45, 7) is 2.03. The maximum atomic E-state index is 3.78. The highest BCUT2D eigenvalue weighted by Crippen LogP contribution is 2.21. The maximum Gasteiger partial charge on any atom is 0.267 e. The van der Waals surface area contributed by atoms with E-state index in [0.717, 1.165) is 5.69 Å². The molecule has 2 heterocycles. The van der Waals surface area contributed by atoms with E-state index in [1.807, 2.05) is 12.3 Å². The molecule has 2 aromatic heterocycles. The summed E-state index contributed by atoms with van der Waals surface area (Å²) in [5.41, 5.74) is 2.21. The molecule has 0 bridgehead atoms. The Labute approximate surface area is 72.8 Å². The number of H-pyrrole nitrogens is 1. The largest absolute Gasteiger partial charge is 0.321 e. The van der Waals surface area contributed by atoms with Gasteiger partial charge >= 0.3 is 0 Å². The second-order valence-electron chi connectivity index (χ2n) is 2.33. The fraction of sp³-hybridized carbons (Fsp3) is 0.167. The molecule has 0 atom stereocenters. The van der Waals surface area contributed by atoms with Crippen molar-refractivity contribution in [3.63, 3.8) is 0 Å². The third-order valence-corrected chi connectivity index (χ3v) is 2.31. The molecule has 0 spiro atoms. The minimum Gasteiger partial charge on any atom is -0.321 e. The van der Waals surface area contributed by atoms with Crippen LogP contribution in [0.3, 0.4) is 0 Å². The molecule has 0 aromatic carbocycles. The maximum absolute atomic E-state index is 3.78. The van der Waals surface area contributed by atoms with Gasteiger partial charge in [0.15, 0.2) is 0 Å². The molecule has 0 saturated carbocycles. The summed E-state index contributed by atoms with van der Waals surface area (Å²) in [7, 11) is 0. The normalized spacial score (nSPS) is 10.1. The van der Waals surface area contributed by atoms with E-state index < -0.39 is 0 Å². The Kier molecular flexibility index (Phi) is 1.75. The van der Waals surface area contributed by atoms with Gasteiger partial charge in [-0.05, 0) is 23.1 Å². The van der Waals surface area contributed by atoms with Crippen molar-refractivity contribution in [2.45, 2.75) is 6.92 Å². The van der Waals surface area contributed by atoms with Crippen molar-refractivity contribution >= 4 is 23.0 Å². The highest BCUT2D eigenvalue weighted by molar-refractivity contribution is 7.08. The van der Waals surface area contributed by atoms with Crippen LogP contribution >= 0.6 is 11.3 Å². The molecule has 6 heteroatoms. The zero-order chi connectivity index (χ0) is 8.39. The van der Waals surface area contributed by atoms with Gasteiger partial charge in [0.25, 0.3) is 5.95 Å². The molecule has 2 aromatic rings. The summed E-state index contributed by atoms with van der Waals surface area (Å²) in [6.07, 6.45) is 0. The Morgan fingerprint density at radius 3 is 3.00 bits per heavy atom. The molecule has 0 unspecified atom stereocenters. The van der Waals surface area contributed by atoms with Crippen molar-refractivity contribution in [3.8, 4) is 0 Å². The minimum atomic E-state index is 0.497. The average molecular weight is 181 g/mol. The smallest absolute Gasteiger partial charge is 0.267 e. The predicted molar refractivity (Wildman–Crippen MR) is 46.5 cm³/mol. The number of aromatic amines is 1. The molecule has 0 saturated heterocycles. The molecule has 0 amide bonds. The highest BCUT2D eigenvalue weighted by atomic mass is 32.1. The number of hydrogen-bond acceptors (Lipinski definition) is 5. The number of thiophene rings is 1. The van der Waals surface area contributed by atoms with Gasteiger partial charge in [-0.3, -0.25) is 0 Å². The third kappa shape index (κ3) is 1.28. The van der Waals surface area contributed by atoms with Crippen molar-refractivity contribution < 1.29 is 0 Å². The van der Waals surface area contributed by atoms with Crippen molar-refractivity contribution in [1.82, 2.24) is 20.6 Å². The summed E-state index contributed by atoms with van der Waals surface area (Å²) in [5.74, 6) is 0.497. The molecule has 0 radical (unpaired) electrons. The van der Waals surface area contributed by atoms with E-state index in [-0.39, 0.29) is 0 Å². The standard InChI is InChI=1S/C6H7N5S/c1-4-2-12-3-5(4)7-6-8-10-11-9-6/h2-3H,1H3,(H2,7,8,9,10,11). The SMILES string of the molecule is Cc1cscc1Nc1nn[nH]n1. The highest BCUT2D eigenvalue weighted by Gasteiger charge is 2.01. The molecular formula is C6H7N5S. The summed E-state index contributed by atoms with van der Waals surface area (Å²) in [5, 5.41) is 20.5. The molecule has 2 rings (SSSR count). The number of nitrogens with one attached hydrogen (secondary N) is 2. The second kappa shape index (κ2) is 2.90. The number of rotatable bonds is 2. The van der Waals surface area contributed by atoms with Gasteiger partial charge in [-0.15, -0.1) is 16.4 Å². The van der Waals surface area contributed by atoms with Crippen LogP contribution in [0.5, 0.6) is 0 Å². The van der Waals surface area contributed by atoms with Crippen molar-refractivity contribution in [1.29, 1.82) is 0 Å². The van der Waals surface area contributed by atoms with Crippen molar-refractivity contribution in [2.75, 3.05) is 5.32 Å². The first-order valence-corrected chi connectivity index (χ1v) is 4.34. The predicted octanol–water partition coefficient (Wildman–Crippen LogP) is 1.31. The Balaban J connectivity index is 2.20. The van der Waals surface area contributed by atoms with Gasteiger partial charge in [-0.25, -0.2) is 0 Å². The average Bonchev–Trinajstić information content (AvgIpc) is 2.65. The van der Waals surface area contributed by atoms with E-state index in [4.69, 9.17) is 0 Å². The summed E-state index contributed by atoms with van der Waals surface area (Å²) in [4.78, 5) is 0. The van der Waals surface area contributed by atoms with Gasteiger partial charge in [0.1, 0.15) is 0 Å². The molecule has 5 nitrogen and oxygen atoms in total. The molecule has 0 aliphatic rings. The van der Waals surface area contributed by atoms with Crippen LogP contribution in [-0.2, 0) is 0 Å². The van der Waals surface area contributed by atoms with Gasteiger partial charge in [0.05, 0.1) is 5.69 Å². The number of aryl methyl sites for hydroxylation is 1. The number of hydrogen-bond donors (Lipinski definition) is 2. The zero-order valence-corrected chi connectivity index (χ0v) is 7.22. The summed E-state index contributed by atoms with van der Waals surface area (Å²) >= 11 is 1.64. The number of tetrazole rings is 1. The topological polar surface area (TPSA) is 66.5 Å². The van der Waals surface area contributed by atoms with Crippen LogP contribution < -0.4 is 5.32 Å². The lowest BCUT2D eigenvalue weighted by molar-refractivity contribution is 0.881. The Hall–Kier alpha value is -1.43. The molecule has 62 valence electrons. The Morgan fingerprint density at radius 2 is 2.42 bits per heavy atom. The molecular weight excluding hydrogens is 174 g/mol. The van der Waals surface area contributed by atoms with Crippen molar-refractivity contribution in [2.24, 2.45) is 0 Å². The quantitative estimate of drug-likeness (QED) is 0.733. The van der Waals surface area contributed by atoms with Crippen LogP contribution in [0.4, 0.5) is 11.6 Å². The molecule has 0 fully saturated rings. The van der Waals surface area contributed by atoms with E-state index in [1.54, 1.807) is 11.3 Å². The first-order valence-electron chi connectivity index (χ1n) is 3.39. The molecule has 2 N–H and O–H groups in total. The van der Waals surface area contributed by atoms with E-state index in [0.29, 0.717) is 5.95 Å². The minimum absolute atomic E-state index is 0.497. The second-order valence-corrected chi connectivity index (χ2v) is 3.07. The van der Waals surface area contributed by atoms with Crippen LogP contribution in [0.2, 0.25) is 0 Å².